The molecule has 2 rings (SSSR count). The number of nitrogens with one attached hydrogen (secondary N) is 1. The molecule has 0 saturated heterocycles. The van der Waals surface area contributed by atoms with Gasteiger partial charge in [-0.1, -0.05) is 18.2 Å². The number of hydrogen-bond donors (Lipinski definition) is 2. The first-order chi connectivity index (χ1) is 8.81. The van der Waals surface area contributed by atoms with Crippen LogP contribution in [0.4, 0.5) is 5.69 Å². The molecule has 1 heterocycles. The van der Waals surface area contributed by atoms with Gasteiger partial charge in [0.1, 0.15) is 12.4 Å². The lowest BCUT2D eigenvalue weighted by Gasteiger charge is -2.18. The average Bonchev–Trinajstić information content (AvgIpc) is 2.42. The number of likely N-dealkylation sites (N-methyl/N-ethyl adjacent to an activating group) is 1. The Labute approximate surface area is 107 Å². The van der Waals surface area contributed by atoms with Crippen molar-refractivity contribution in [1.82, 2.24) is 10.3 Å². The van der Waals surface area contributed by atoms with Crippen LogP contribution in [0.5, 0.6) is 5.75 Å². The van der Waals surface area contributed by atoms with E-state index in [1.54, 1.807) is 18.5 Å². The lowest BCUT2D eigenvalue weighted by atomic mass is 10.1. The quantitative estimate of drug-likeness (QED) is 0.843. The Bertz CT molecular complexity index is 487. The van der Waals surface area contributed by atoms with Gasteiger partial charge >= 0.3 is 0 Å². The van der Waals surface area contributed by atoms with Crippen LogP contribution >= 0.6 is 0 Å². The van der Waals surface area contributed by atoms with Crippen molar-refractivity contribution in [2.45, 2.75) is 6.04 Å². The predicted octanol–water partition coefficient (Wildman–Crippen LogP) is 2.00. The van der Waals surface area contributed by atoms with Gasteiger partial charge in [-0.2, -0.15) is 0 Å². The van der Waals surface area contributed by atoms with Crippen molar-refractivity contribution in [2.24, 2.45) is 0 Å². The largest absolute Gasteiger partial charge is 0.492 e. The van der Waals surface area contributed by atoms with Crippen LogP contribution < -0.4 is 15.8 Å². The second-order valence-electron chi connectivity index (χ2n) is 3.97. The molecule has 4 heteroatoms. The molecule has 0 aliphatic heterocycles. The summed E-state index contributed by atoms with van der Waals surface area (Å²) in [5.41, 5.74) is 7.61. The fraction of sp³-hybridized carbons (Fsp3) is 0.214. The molecule has 0 spiro atoms. The summed E-state index contributed by atoms with van der Waals surface area (Å²) in [5, 5.41) is 3.18. The molecule has 1 unspecified atom stereocenters. The lowest BCUT2D eigenvalue weighted by Crippen LogP contribution is -2.24. The number of nitrogens with two attached hydrogens (primary N) is 1. The van der Waals surface area contributed by atoms with Crippen molar-refractivity contribution in [3.05, 3.63) is 54.4 Å². The van der Waals surface area contributed by atoms with E-state index in [0.717, 1.165) is 17.0 Å². The topological polar surface area (TPSA) is 60.2 Å². The molecule has 94 valence electrons. The second-order valence-corrected chi connectivity index (χ2v) is 3.97. The highest BCUT2D eigenvalue weighted by Crippen LogP contribution is 2.20. The number of nitrogen functional groups attached to an aromatic ring is 1. The monoisotopic (exact) mass is 243 g/mol. The normalized spacial score (nSPS) is 12.1. The molecule has 0 amide bonds. The van der Waals surface area contributed by atoms with Crippen LogP contribution in [-0.2, 0) is 0 Å². The van der Waals surface area contributed by atoms with E-state index in [2.05, 4.69) is 10.3 Å². The van der Waals surface area contributed by atoms with Gasteiger partial charge in [-0.25, -0.2) is 0 Å². The maximum atomic E-state index is 5.93. The standard InChI is InChI=1S/C14H17N3O/c1-16-14(12-9-17-8-7-13(12)15)10-18-11-5-3-2-4-6-11/h2-9,14,16H,10H2,1H3,(H2,15,17). The molecule has 0 aliphatic rings. The summed E-state index contributed by atoms with van der Waals surface area (Å²) in [6.45, 7) is 0.510. The third-order valence-corrected chi connectivity index (χ3v) is 2.77. The molecule has 0 saturated carbocycles. The minimum absolute atomic E-state index is 0.0268. The molecule has 1 aromatic carbocycles. The Morgan fingerprint density at radius 3 is 2.72 bits per heavy atom. The number of ether oxygens (including phenoxy) is 1. The van der Waals surface area contributed by atoms with Gasteiger partial charge in [0.05, 0.1) is 6.04 Å². The van der Waals surface area contributed by atoms with Crippen molar-refractivity contribution in [1.29, 1.82) is 0 Å². The van der Waals surface area contributed by atoms with Crippen molar-refractivity contribution < 1.29 is 4.74 Å². The molecule has 0 aliphatic carbocycles. The zero-order chi connectivity index (χ0) is 12.8. The van der Waals surface area contributed by atoms with E-state index in [0.29, 0.717) is 6.61 Å². The number of hydrogen-bond acceptors (Lipinski definition) is 4. The predicted molar refractivity (Wildman–Crippen MR) is 72.4 cm³/mol. The first-order valence-corrected chi connectivity index (χ1v) is 5.85. The fourth-order valence-electron chi connectivity index (χ4n) is 1.73. The van der Waals surface area contributed by atoms with Gasteiger partial charge in [0.2, 0.25) is 0 Å². The van der Waals surface area contributed by atoms with Gasteiger partial charge in [0.25, 0.3) is 0 Å². The summed E-state index contributed by atoms with van der Waals surface area (Å²) in [6.07, 6.45) is 3.45. The Morgan fingerprint density at radius 1 is 1.28 bits per heavy atom. The first-order valence-electron chi connectivity index (χ1n) is 5.85. The Morgan fingerprint density at radius 2 is 2.06 bits per heavy atom. The van der Waals surface area contributed by atoms with Crippen molar-refractivity contribution in [2.75, 3.05) is 19.4 Å². The zero-order valence-electron chi connectivity index (χ0n) is 10.3. The maximum Gasteiger partial charge on any atom is 0.119 e. The van der Waals surface area contributed by atoms with Crippen LogP contribution in [-0.4, -0.2) is 18.6 Å². The number of pyridine rings is 1. The van der Waals surface area contributed by atoms with Gasteiger partial charge in [-0.15, -0.1) is 0 Å². The highest BCUT2D eigenvalue weighted by molar-refractivity contribution is 5.46. The van der Waals surface area contributed by atoms with Crippen LogP contribution in [0.3, 0.4) is 0 Å². The summed E-state index contributed by atoms with van der Waals surface area (Å²) in [4.78, 5) is 4.09. The Hall–Kier alpha value is -2.07. The molecular weight excluding hydrogens is 226 g/mol. The van der Waals surface area contributed by atoms with Gasteiger partial charge < -0.3 is 15.8 Å². The highest BCUT2D eigenvalue weighted by Gasteiger charge is 2.13. The molecular formula is C14H17N3O. The van der Waals surface area contributed by atoms with Crippen LogP contribution in [0.15, 0.2) is 48.8 Å². The summed E-state index contributed by atoms with van der Waals surface area (Å²) < 4.78 is 5.72. The Balaban J connectivity index is 2.04. The number of para-hydroxylation sites is 1. The van der Waals surface area contributed by atoms with E-state index >= 15 is 0 Å². The third-order valence-electron chi connectivity index (χ3n) is 2.77. The fourth-order valence-corrected chi connectivity index (χ4v) is 1.73. The summed E-state index contributed by atoms with van der Waals surface area (Å²) >= 11 is 0. The molecule has 1 aromatic heterocycles. The molecule has 0 radical (unpaired) electrons. The summed E-state index contributed by atoms with van der Waals surface area (Å²) in [6, 6.07) is 11.5. The van der Waals surface area contributed by atoms with Gasteiger partial charge in [-0.3, -0.25) is 4.98 Å². The molecule has 2 aromatic rings. The van der Waals surface area contributed by atoms with E-state index in [1.165, 1.54) is 0 Å². The number of anilines is 1. The molecule has 4 nitrogen and oxygen atoms in total. The molecule has 1 atom stereocenters. The van der Waals surface area contributed by atoms with Crippen molar-refractivity contribution in [3.8, 4) is 5.75 Å². The molecule has 0 fully saturated rings. The zero-order valence-corrected chi connectivity index (χ0v) is 10.3. The highest BCUT2D eigenvalue weighted by atomic mass is 16.5. The average molecular weight is 243 g/mol. The van der Waals surface area contributed by atoms with Crippen LogP contribution in [0, 0.1) is 0 Å². The number of nitrogens with zero attached hydrogens (tertiary/aromatic N) is 1. The van der Waals surface area contributed by atoms with E-state index in [-0.39, 0.29) is 6.04 Å². The van der Waals surface area contributed by atoms with Gasteiger partial charge in [0.15, 0.2) is 0 Å². The SMILES string of the molecule is CNC(COc1ccccc1)c1cnccc1N. The summed E-state index contributed by atoms with van der Waals surface area (Å²) in [7, 11) is 1.88. The molecule has 0 bridgehead atoms. The van der Waals surface area contributed by atoms with Gasteiger partial charge in [0, 0.05) is 23.6 Å². The maximum absolute atomic E-state index is 5.93. The second kappa shape index (κ2) is 6.02. The third kappa shape index (κ3) is 2.99. The number of aromatic nitrogens is 1. The molecule has 3 N–H and O–H groups in total. The minimum atomic E-state index is 0.0268. The first kappa shape index (κ1) is 12.4. The van der Waals surface area contributed by atoms with Crippen LogP contribution in [0.2, 0.25) is 0 Å². The lowest BCUT2D eigenvalue weighted by molar-refractivity contribution is 0.273. The van der Waals surface area contributed by atoms with E-state index in [1.807, 2.05) is 37.4 Å². The van der Waals surface area contributed by atoms with Crippen LogP contribution in [0.25, 0.3) is 0 Å². The summed E-state index contributed by atoms with van der Waals surface area (Å²) in [5.74, 6) is 0.847. The Kier molecular flexibility index (Phi) is 4.15. The van der Waals surface area contributed by atoms with Crippen LogP contribution in [0.1, 0.15) is 11.6 Å². The van der Waals surface area contributed by atoms with E-state index < -0.39 is 0 Å². The van der Waals surface area contributed by atoms with Crippen molar-refractivity contribution in [3.63, 3.8) is 0 Å². The smallest absolute Gasteiger partial charge is 0.119 e. The minimum Gasteiger partial charge on any atom is -0.492 e. The van der Waals surface area contributed by atoms with Crippen molar-refractivity contribution >= 4 is 5.69 Å². The number of benzene rings is 1. The molecule has 18 heavy (non-hydrogen) atoms. The number of rotatable bonds is 5. The van der Waals surface area contributed by atoms with E-state index in [9.17, 15) is 0 Å². The van der Waals surface area contributed by atoms with Gasteiger partial charge in [-0.05, 0) is 25.2 Å². The van der Waals surface area contributed by atoms with E-state index in [4.69, 9.17) is 10.5 Å².